The maximum Gasteiger partial charge on any atom is 0.229 e. The normalized spacial score (nSPS) is 30.4. The Balaban J connectivity index is 1.66. The van der Waals surface area contributed by atoms with Crippen molar-refractivity contribution in [1.29, 1.82) is 0 Å². The summed E-state index contributed by atoms with van der Waals surface area (Å²) in [5.41, 5.74) is 0.354. The Hall–Kier alpha value is -3.05. The van der Waals surface area contributed by atoms with Crippen LogP contribution in [0, 0.1) is 0 Å². The smallest absolute Gasteiger partial charge is 0.229 e. The van der Waals surface area contributed by atoms with Crippen molar-refractivity contribution >= 4 is 5.78 Å². The Morgan fingerprint density at radius 1 is 1.00 bits per heavy atom. The zero-order chi connectivity index (χ0) is 22.4. The van der Waals surface area contributed by atoms with Gasteiger partial charge in [0, 0.05) is 6.07 Å². The van der Waals surface area contributed by atoms with Gasteiger partial charge in [0.2, 0.25) is 12.0 Å². The number of carbonyl (C=O) groups excluding carboxylic acids is 1. The molecule has 2 heterocycles. The molecule has 0 aliphatic carbocycles. The third kappa shape index (κ3) is 3.74. The number of ketones is 1. The third-order valence-corrected chi connectivity index (χ3v) is 5.43. The van der Waals surface area contributed by atoms with Crippen molar-refractivity contribution in [3.8, 4) is 28.7 Å². The molecule has 0 unspecified atom stereocenters. The Kier molecular flexibility index (Phi) is 5.40. The topological polar surface area (TPSA) is 166 Å². The molecule has 0 saturated carbocycles. The van der Waals surface area contributed by atoms with Crippen molar-refractivity contribution in [3.05, 3.63) is 41.5 Å². The molecule has 1 saturated heterocycles. The number of aliphatic hydroxyl groups excluding tert-OH is 3. The highest BCUT2D eigenvalue weighted by Crippen LogP contribution is 2.50. The highest BCUT2D eigenvalue weighted by Gasteiger charge is 2.44. The van der Waals surface area contributed by atoms with E-state index in [1.807, 2.05) is 0 Å². The molecule has 0 bridgehead atoms. The maximum absolute atomic E-state index is 12.6. The highest BCUT2D eigenvalue weighted by molar-refractivity contribution is 6.03. The fourth-order valence-electron chi connectivity index (χ4n) is 3.65. The second-order valence-electron chi connectivity index (χ2n) is 7.57. The summed E-state index contributed by atoms with van der Waals surface area (Å²) in [4.78, 5) is 12.6. The van der Waals surface area contributed by atoms with E-state index < -0.39 is 54.1 Å². The van der Waals surface area contributed by atoms with Gasteiger partial charge in [0.05, 0.1) is 12.5 Å². The average Bonchev–Trinajstić information content (AvgIpc) is 2.74. The number of phenols is 3. The number of hydrogen-bond donors (Lipinski definition) is 6. The summed E-state index contributed by atoms with van der Waals surface area (Å²) in [5, 5.41) is 60.3. The van der Waals surface area contributed by atoms with Crippen LogP contribution in [0.5, 0.6) is 28.7 Å². The quantitative estimate of drug-likeness (QED) is 0.379. The summed E-state index contributed by atoms with van der Waals surface area (Å²) in [5.74, 6) is -2.20. The van der Waals surface area contributed by atoms with Crippen LogP contribution in [0.15, 0.2) is 30.3 Å². The van der Waals surface area contributed by atoms with Crippen LogP contribution in [0.2, 0.25) is 0 Å². The SMILES string of the molecule is C[C@@H]1O[C@@H](Oc2cc(O)c3c(c2O)O[C@H](c2ccc(O)cc2)CC3=O)[C@H](O)[C@H](O)[C@H]1O. The minimum Gasteiger partial charge on any atom is -0.508 e. The first kappa shape index (κ1) is 21.2. The van der Waals surface area contributed by atoms with Gasteiger partial charge in [-0.25, -0.2) is 0 Å². The van der Waals surface area contributed by atoms with Gasteiger partial charge in [0.1, 0.15) is 41.5 Å². The number of aromatic hydroxyl groups is 3. The van der Waals surface area contributed by atoms with Gasteiger partial charge in [-0.1, -0.05) is 12.1 Å². The van der Waals surface area contributed by atoms with Crippen molar-refractivity contribution in [2.75, 3.05) is 0 Å². The second-order valence-corrected chi connectivity index (χ2v) is 7.57. The van der Waals surface area contributed by atoms with Crippen molar-refractivity contribution < 1.29 is 49.6 Å². The van der Waals surface area contributed by atoms with Crippen molar-refractivity contribution in [1.82, 2.24) is 0 Å². The Morgan fingerprint density at radius 3 is 2.35 bits per heavy atom. The van der Waals surface area contributed by atoms with Crippen molar-refractivity contribution in [2.45, 2.75) is 50.2 Å². The number of Topliss-reactive ketones (excluding diaryl/α,β-unsaturated/α-hetero) is 1. The molecule has 0 amide bonds. The van der Waals surface area contributed by atoms with E-state index in [9.17, 15) is 35.4 Å². The van der Waals surface area contributed by atoms with Gasteiger partial charge in [0.25, 0.3) is 0 Å². The van der Waals surface area contributed by atoms with E-state index in [1.54, 1.807) is 12.1 Å². The van der Waals surface area contributed by atoms with Crippen molar-refractivity contribution in [2.24, 2.45) is 0 Å². The molecule has 1 fully saturated rings. The molecule has 6 N–H and O–H groups in total. The molecule has 2 aliphatic heterocycles. The minimum absolute atomic E-state index is 0.0371. The molecule has 2 aromatic rings. The van der Waals surface area contributed by atoms with Crippen LogP contribution in [0.3, 0.4) is 0 Å². The van der Waals surface area contributed by atoms with Crippen LogP contribution in [0.1, 0.15) is 35.4 Å². The van der Waals surface area contributed by atoms with Crippen LogP contribution in [0.25, 0.3) is 0 Å². The number of hydrogen-bond acceptors (Lipinski definition) is 10. The van der Waals surface area contributed by atoms with E-state index in [-0.39, 0.29) is 29.2 Å². The molecule has 10 heteroatoms. The van der Waals surface area contributed by atoms with Gasteiger partial charge in [-0.2, -0.15) is 0 Å². The number of ether oxygens (including phenoxy) is 3. The van der Waals surface area contributed by atoms with Gasteiger partial charge < -0.3 is 44.8 Å². The van der Waals surface area contributed by atoms with E-state index >= 15 is 0 Å². The van der Waals surface area contributed by atoms with E-state index in [0.29, 0.717) is 5.56 Å². The monoisotopic (exact) mass is 434 g/mol. The first-order valence-corrected chi connectivity index (χ1v) is 9.61. The zero-order valence-electron chi connectivity index (χ0n) is 16.4. The summed E-state index contributed by atoms with van der Waals surface area (Å²) in [6.45, 7) is 1.46. The fraction of sp³-hybridized carbons (Fsp3) is 0.381. The molecule has 31 heavy (non-hydrogen) atoms. The van der Waals surface area contributed by atoms with Gasteiger partial charge >= 0.3 is 0 Å². The Bertz CT molecular complexity index is 989. The molecule has 0 radical (unpaired) electrons. The second kappa shape index (κ2) is 7.89. The molecule has 0 spiro atoms. The molecule has 166 valence electrons. The van der Waals surface area contributed by atoms with Crippen LogP contribution in [-0.2, 0) is 4.74 Å². The lowest BCUT2D eigenvalue weighted by Crippen LogP contribution is -2.58. The molecular weight excluding hydrogens is 412 g/mol. The summed E-state index contributed by atoms with van der Waals surface area (Å²) in [6, 6.07) is 6.97. The standard InChI is InChI=1S/C21H22O10/c1-8-16(25)18(27)19(28)21(29-8)31-14-7-12(24)15-11(23)6-13(30-20(15)17(14)26)9-2-4-10(22)5-3-9/h2-5,7-8,13,16,18-19,21-22,24-28H,6H2,1H3/t8-,13-,16-,18+,19+,21-/m0/s1. The summed E-state index contributed by atoms with van der Waals surface area (Å²) >= 11 is 0. The molecule has 6 atom stereocenters. The predicted molar refractivity (Wildman–Crippen MR) is 103 cm³/mol. The largest absolute Gasteiger partial charge is 0.508 e. The summed E-state index contributed by atoms with van der Waals surface area (Å²) in [7, 11) is 0. The lowest BCUT2D eigenvalue weighted by atomic mass is 9.95. The zero-order valence-corrected chi connectivity index (χ0v) is 16.4. The van der Waals surface area contributed by atoms with Gasteiger partial charge in [0.15, 0.2) is 17.3 Å². The summed E-state index contributed by atoms with van der Waals surface area (Å²) < 4.78 is 16.6. The lowest BCUT2D eigenvalue weighted by molar-refractivity contribution is -0.268. The first-order valence-electron chi connectivity index (χ1n) is 9.61. The number of aliphatic hydroxyl groups is 3. The molecule has 2 aromatic carbocycles. The molecule has 4 rings (SSSR count). The van der Waals surface area contributed by atoms with Gasteiger partial charge in [-0.3, -0.25) is 4.79 Å². The fourth-order valence-corrected chi connectivity index (χ4v) is 3.65. The third-order valence-electron chi connectivity index (χ3n) is 5.43. The molecular formula is C21H22O10. The highest BCUT2D eigenvalue weighted by atomic mass is 16.7. The van der Waals surface area contributed by atoms with Crippen LogP contribution >= 0.6 is 0 Å². The van der Waals surface area contributed by atoms with E-state index in [4.69, 9.17) is 14.2 Å². The lowest BCUT2D eigenvalue weighted by Gasteiger charge is -2.39. The average molecular weight is 434 g/mol. The minimum atomic E-state index is -1.64. The predicted octanol–water partition coefficient (Wildman–Crippen LogP) is 0.716. The number of fused-ring (bicyclic) bond motifs is 1. The maximum atomic E-state index is 12.6. The summed E-state index contributed by atoms with van der Waals surface area (Å²) in [6.07, 6.45) is -7.77. The van der Waals surface area contributed by atoms with Gasteiger partial charge in [-0.05, 0) is 24.6 Å². The molecule has 0 aromatic heterocycles. The van der Waals surface area contributed by atoms with Gasteiger partial charge in [-0.15, -0.1) is 0 Å². The number of benzene rings is 2. The number of phenolic OH excluding ortho intramolecular Hbond substituents is 3. The van der Waals surface area contributed by atoms with E-state index in [2.05, 4.69) is 0 Å². The van der Waals surface area contributed by atoms with Crippen LogP contribution < -0.4 is 9.47 Å². The Labute approximate surface area is 176 Å². The van der Waals surface area contributed by atoms with Crippen LogP contribution in [0.4, 0.5) is 0 Å². The van der Waals surface area contributed by atoms with Crippen molar-refractivity contribution in [3.63, 3.8) is 0 Å². The first-order chi connectivity index (χ1) is 14.7. The molecule has 10 nitrogen and oxygen atoms in total. The number of carbonyl (C=O) groups is 1. The number of rotatable bonds is 3. The van der Waals surface area contributed by atoms with E-state index in [1.165, 1.54) is 19.1 Å². The molecule has 2 aliphatic rings. The van der Waals surface area contributed by atoms with E-state index in [0.717, 1.165) is 6.07 Å². The Morgan fingerprint density at radius 2 is 1.68 bits per heavy atom. The van der Waals surface area contributed by atoms with Crippen LogP contribution in [-0.4, -0.2) is 67.1 Å².